The molecule has 0 saturated heterocycles. The molecule has 0 heterocycles. The summed E-state index contributed by atoms with van der Waals surface area (Å²) < 4.78 is 0. The van der Waals surface area contributed by atoms with Gasteiger partial charge in [-0.3, -0.25) is 4.79 Å². The maximum atomic E-state index is 10.3. The molecular weight excluding hydrogens is 272 g/mol. The number of hydrogen-bond donors (Lipinski definition) is 1. The van der Waals surface area contributed by atoms with Crippen LogP contribution < -0.4 is 0 Å². The van der Waals surface area contributed by atoms with Gasteiger partial charge in [-0.05, 0) is 31.1 Å². The Kier molecular flexibility index (Phi) is 16.5. The van der Waals surface area contributed by atoms with Crippen LogP contribution >= 0.6 is 0 Å². The maximum Gasteiger partial charge on any atom is 0.303 e. The Hall–Kier alpha value is -1.41. The molecule has 0 aromatic rings. The van der Waals surface area contributed by atoms with Crippen LogP contribution in [0.25, 0.3) is 0 Å². The molecule has 0 radical (unpaired) electrons. The van der Waals surface area contributed by atoms with Crippen molar-refractivity contribution >= 4 is 5.97 Å². The number of carbonyl (C=O) groups is 1. The molecule has 0 spiro atoms. The van der Waals surface area contributed by atoms with Crippen LogP contribution in [0, 0.1) is 23.7 Å². The molecule has 0 rings (SSSR count). The predicted octanol–water partition coefficient (Wildman–Crippen LogP) is 5.56. The molecule has 0 aliphatic carbocycles. The molecule has 0 amide bonds. The minimum absolute atomic E-state index is 0.308. The van der Waals surface area contributed by atoms with Gasteiger partial charge in [0.1, 0.15) is 0 Å². The lowest BCUT2D eigenvalue weighted by Crippen LogP contribution is -1.93. The first-order valence-corrected chi connectivity index (χ1v) is 8.95. The van der Waals surface area contributed by atoms with E-state index in [0.29, 0.717) is 6.42 Å². The zero-order valence-corrected chi connectivity index (χ0v) is 14.3. The molecular formula is C20H32O2. The number of rotatable bonds is 13. The summed E-state index contributed by atoms with van der Waals surface area (Å²) in [5.41, 5.74) is 0. The van der Waals surface area contributed by atoms with Crippen LogP contribution in [0.4, 0.5) is 0 Å². The molecule has 0 bridgehead atoms. The largest absolute Gasteiger partial charge is 0.481 e. The van der Waals surface area contributed by atoms with Crippen molar-refractivity contribution in [3.8, 4) is 23.7 Å². The molecule has 0 saturated carbocycles. The first-order chi connectivity index (χ1) is 10.8. The Labute approximate surface area is 137 Å². The van der Waals surface area contributed by atoms with E-state index in [1.54, 1.807) is 0 Å². The highest BCUT2D eigenvalue weighted by atomic mass is 16.4. The van der Waals surface area contributed by atoms with E-state index in [0.717, 1.165) is 38.5 Å². The monoisotopic (exact) mass is 304 g/mol. The molecule has 0 fully saturated rings. The lowest BCUT2D eigenvalue weighted by atomic mass is 10.1. The van der Waals surface area contributed by atoms with Crippen LogP contribution in [0.2, 0.25) is 0 Å². The lowest BCUT2D eigenvalue weighted by Gasteiger charge is -1.98. The second-order valence-electron chi connectivity index (χ2n) is 5.78. The zero-order valence-electron chi connectivity index (χ0n) is 14.3. The number of aliphatic carboxylic acids is 1. The van der Waals surface area contributed by atoms with Gasteiger partial charge in [-0.2, -0.15) is 0 Å². The molecule has 0 atom stereocenters. The first-order valence-electron chi connectivity index (χ1n) is 8.95. The van der Waals surface area contributed by atoms with Gasteiger partial charge in [0.25, 0.3) is 0 Å². The van der Waals surface area contributed by atoms with E-state index < -0.39 is 5.97 Å². The number of carboxylic acids is 1. The van der Waals surface area contributed by atoms with E-state index in [4.69, 9.17) is 5.11 Å². The van der Waals surface area contributed by atoms with Gasteiger partial charge >= 0.3 is 5.97 Å². The second-order valence-corrected chi connectivity index (χ2v) is 5.78. The number of hydrogen-bond acceptors (Lipinski definition) is 1. The third-order valence-corrected chi connectivity index (χ3v) is 3.59. The van der Waals surface area contributed by atoms with Crippen LogP contribution in [0.5, 0.6) is 0 Å². The highest BCUT2D eigenvalue weighted by Crippen LogP contribution is 2.08. The van der Waals surface area contributed by atoms with Crippen molar-refractivity contribution in [2.45, 2.75) is 96.8 Å². The van der Waals surface area contributed by atoms with Gasteiger partial charge in [0, 0.05) is 19.3 Å². The summed E-state index contributed by atoms with van der Waals surface area (Å²) in [5.74, 6) is 11.4. The highest BCUT2D eigenvalue weighted by Gasteiger charge is 1.96. The van der Waals surface area contributed by atoms with Crippen LogP contribution in [0.15, 0.2) is 0 Å². The Bertz CT molecular complexity index is 376. The molecule has 0 aromatic carbocycles. The normalized spacial score (nSPS) is 9.50. The first kappa shape index (κ1) is 20.6. The average Bonchev–Trinajstić information content (AvgIpc) is 2.50. The van der Waals surface area contributed by atoms with Crippen LogP contribution in [-0.4, -0.2) is 11.1 Å². The minimum atomic E-state index is -0.683. The van der Waals surface area contributed by atoms with Crippen LogP contribution in [0.3, 0.4) is 0 Å². The molecule has 1 N–H and O–H groups in total. The second kappa shape index (κ2) is 17.6. The highest BCUT2D eigenvalue weighted by molar-refractivity contribution is 5.66. The van der Waals surface area contributed by atoms with E-state index in [-0.39, 0.29) is 0 Å². The Morgan fingerprint density at radius 1 is 0.727 bits per heavy atom. The Morgan fingerprint density at radius 2 is 1.18 bits per heavy atom. The smallest absolute Gasteiger partial charge is 0.303 e. The average molecular weight is 304 g/mol. The van der Waals surface area contributed by atoms with Crippen molar-refractivity contribution in [3.63, 3.8) is 0 Å². The molecule has 22 heavy (non-hydrogen) atoms. The van der Waals surface area contributed by atoms with Gasteiger partial charge in [-0.25, -0.2) is 0 Å². The summed E-state index contributed by atoms with van der Waals surface area (Å²) in [7, 11) is 0. The fourth-order valence-corrected chi connectivity index (χ4v) is 2.23. The quantitative estimate of drug-likeness (QED) is 0.357. The van der Waals surface area contributed by atoms with Crippen molar-refractivity contribution in [1.82, 2.24) is 0 Å². The van der Waals surface area contributed by atoms with Crippen LogP contribution in [0.1, 0.15) is 96.8 Å². The summed E-state index contributed by atoms with van der Waals surface area (Å²) >= 11 is 0. The van der Waals surface area contributed by atoms with Crippen molar-refractivity contribution in [2.24, 2.45) is 0 Å². The maximum absolute atomic E-state index is 10.3. The van der Waals surface area contributed by atoms with Crippen molar-refractivity contribution in [3.05, 3.63) is 0 Å². The van der Waals surface area contributed by atoms with Crippen LogP contribution in [-0.2, 0) is 4.79 Å². The summed E-state index contributed by atoms with van der Waals surface area (Å²) in [6.07, 6.45) is 15.2. The predicted molar refractivity (Wildman–Crippen MR) is 93.5 cm³/mol. The Morgan fingerprint density at radius 3 is 1.68 bits per heavy atom. The van der Waals surface area contributed by atoms with Gasteiger partial charge in [-0.1, -0.05) is 70.1 Å². The van der Waals surface area contributed by atoms with Gasteiger partial charge in [0.05, 0.1) is 0 Å². The zero-order chi connectivity index (χ0) is 16.3. The van der Waals surface area contributed by atoms with Crippen molar-refractivity contribution in [2.75, 3.05) is 0 Å². The van der Waals surface area contributed by atoms with Gasteiger partial charge in [-0.15, -0.1) is 0 Å². The molecule has 0 aromatic heterocycles. The van der Waals surface area contributed by atoms with Crippen molar-refractivity contribution < 1.29 is 9.90 Å². The van der Waals surface area contributed by atoms with E-state index in [2.05, 4.69) is 30.6 Å². The van der Waals surface area contributed by atoms with E-state index in [9.17, 15) is 4.79 Å². The summed E-state index contributed by atoms with van der Waals surface area (Å²) in [6.45, 7) is 2.23. The number of unbranched alkanes of at least 4 members (excludes halogenated alkanes) is 11. The Balaban J connectivity index is 3.27. The molecule has 0 aliphatic rings. The van der Waals surface area contributed by atoms with Gasteiger partial charge < -0.3 is 5.11 Å². The summed E-state index contributed by atoms with van der Waals surface area (Å²) in [4.78, 5) is 10.3. The minimum Gasteiger partial charge on any atom is -0.481 e. The third kappa shape index (κ3) is 18.6. The van der Waals surface area contributed by atoms with E-state index >= 15 is 0 Å². The summed E-state index contributed by atoms with van der Waals surface area (Å²) in [6, 6.07) is 0. The summed E-state index contributed by atoms with van der Waals surface area (Å²) in [5, 5.41) is 8.51. The molecule has 2 heteroatoms. The molecule has 124 valence electrons. The molecule has 0 unspecified atom stereocenters. The topological polar surface area (TPSA) is 37.3 Å². The third-order valence-electron chi connectivity index (χ3n) is 3.59. The van der Waals surface area contributed by atoms with E-state index in [1.165, 1.54) is 44.9 Å². The fraction of sp³-hybridized carbons (Fsp3) is 0.750. The van der Waals surface area contributed by atoms with Gasteiger partial charge in [0.15, 0.2) is 0 Å². The SMILES string of the molecule is CCCCCCCC#CC#CCCCCCCCCC(=O)O. The molecule has 0 aliphatic heterocycles. The molecule has 2 nitrogen and oxygen atoms in total. The lowest BCUT2D eigenvalue weighted by molar-refractivity contribution is -0.137. The van der Waals surface area contributed by atoms with Crippen molar-refractivity contribution in [1.29, 1.82) is 0 Å². The van der Waals surface area contributed by atoms with E-state index in [1.807, 2.05) is 0 Å². The standard InChI is InChI=1S/C20H32O2/c1-2-3-4-5-6-7-8-9-10-11-12-13-14-15-16-17-18-19-20(21)22/h2-7,12-19H2,1H3,(H,21,22). The fourth-order valence-electron chi connectivity index (χ4n) is 2.23. The number of carboxylic acid groups (broad SMARTS) is 1. The van der Waals surface area contributed by atoms with Gasteiger partial charge in [0.2, 0.25) is 0 Å².